The van der Waals surface area contributed by atoms with Gasteiger partial charge < -0.3 is 4.98 Å². The Morgan fingerprint density at radius 3 is 2.79 bits per heavy atom. The van der Waals surface area contributed by atoms with Crippen LogP contribution >= 0.6 is 11.8 Å². The molecule has 1 aliphatic heterocycles. The molecule has 100 valence electrons. The number of hydrogen-bond acceptors (Lipinski definition) is 4. The van der Waals surface area contributed by atoms with Crippen molar-refractivity contribution in [2.45, 2.75) is 13.1 Å². The first kappa shape index (κ1) is 12.3. The van der Waals surface area contributed by atoms with Crippen molar-refractivity contribution in [3.05, 3.63) is 23.8 Å². The molecule has 8 heteroatoms. The molecule has 19 heavy (non-hydrogen) atoms. The van der Waals surface area contributed by atoms with Crippen molar-refractivity contribution in [1.29, 1.82) is 0 Å². The molecule has 3 rings (SSSR count). The van der Waals surface area contributed by atoms with E-state index in [1.165, 1.54) is 6.07 Å². The summed E-state index contributed by atoms with van der Waals surface area (Å²) in [5.41, 5.74) is 0.149. The van der Waals surface area contributed by atoms with Crippen molar-refractivity contribution in [2.75, 3.05) is 10.9 Å². The van der Waals surface area contributed by atoms with Gasteiger partial charge in [0.25, 0.3) is 0 Å². The molecule has 0 unspecified atom stereocenters. The molecule has 4 nitrogen and oxygen atoms in total. The van der Waals surface area contributed by atoms with Gasteiger partial charge in [0.05, 0.1) is 27.5 Å². The Balaban J connectivity index is 2.02. The van der Waals surface area contributed by atoms with E-state index in [1.54, 1.807) is 16.8 Å². The Labute approximate surface area is 110 Å². The SMILES string of the molecule is CC1=NN(c2nc3cc(C(F)(F)F)ccc3[nH]2)CS1. The number of fused-ring (bicyclic) bond motifs is 1. The van der Waals surface area contributed by atoms with Crippen LogP contribution in [0.15, 0.2) is 23.3 Å². The number of thioether (sulfide) groups is 1. The lowest BCUT2D eigenvalue weighted by molar-refractivity contribution is -0.137. The van der Waals surface area contributed by atoms with Gasteiger partial charge in [-0.1, -0.05) is 11.8 Å². The Hall–Kier alpha value is -1.70. The van der Waals surface area contributed by atoms with Crippen LogP contribution in [0.1, 0.15) is 12.5 Å². The standard InChI is InChI=1S/C11H9F3N4S/c1-6-17-18(5-19-6)10-15-8-3-2-7(11(12,13)14)4-9(8)16-10/h2-4H,5H2,1H3,(H,15,16). The number of benzene rings is 1. The lowest BCUT2D eigenvalue weighted by Crippen LogP contribution is -2.11. The van der Waals surface area contributed by atoms with Gasteiger partial charge in [0.1, 0.15) is 0 Å². The number of alkyl halides is 3. The molecule has 2 aromatic rings. The molecule has 0 aliphatic carbocycles. The van der Waals surface area contributed by atoms with Gasteiger partial charge in [-0.25, -0.2) is 9.99 Å². The molecule has 0 atom stereocenters. The normalized spacial score (nSPS) is 16.2. The number of aromatic nitrogens is 2. The molecular formula is C11H9F3N4S. The van der Waals surface area contributed by atoms with Gasteiger partial charge in [-0.15, -0.1) is 0 Å². The van der Waals surface area contributed by atoms with Crippen LogP contribution in [0.5, 0.6) is 0 Å². The molecule has 0 saturated carbocycles. The van der Waals surface area contributed by atoms with Crippen molar-refractivity contribution >= 4 is 33.8 Å². The van der Waals surface area contributed by atoms with Crippen molar-refractivity contribution in [1.82, 2.24) is 9.97 Å². The molecule has 0 radical (unpaired) electrons. The number of rotatable bonds is 1. The van der Waals surface area contributed by atoms with Gasteiger partial charge in [0.15, 0.2) is 0 Å². The van der Waals surface area contributed by atoms with Crippen molar-refractivity contribution in [3.63, 3.8) is 0 Å². The summed E-state index contributed by atoms with van der Waals surface area (Å²) in [5.74, 6) is 1.07. The van der Waals surface area contributed by atoms with Crippen molar-refractivity contribution in [2.24, 2.45) is 5.10 Å². The molecular weight excluding hydrogens is 277 g/mol. The lowest BCUT2D eigenvalue weighted by Gasteiger charge is -2.06. The minimum atomic E-state index is -4.36. The van der Waals surface area contributed by atoms with Gasteiger partial charge >= 0.3 is 6.18 Å². The fraction of sp³-hybridized carbons (Fsp3) is 0.273. The van der Waals surface area contributed by atoms with Gasteiger partial charge in [0, 0.05) is 0 Å². The topological polar surface area (TPSA) is 44.3 Å². The zero-order chi connectivity index (χ0) is 13.6. The monoisotopic (exact) mass is 286 g/mol. The van der Waals surface area contributed by atoms with E-state index in [1.807, 2.05) is 6.92 Å². The van der Waals surface area contributed by atoms with E-state index in [0.717, 1.165) is 17.2 Å². The Bertz CT molecular complexity index is 661. The first-order chi connectivity index (χ1) is 8.93. The third-order valence-electron chi connectivity index (χ3n) is 2.70. The molecule has 1 aromatic carbocycles. The third-order valence-corrected chi connectivity index (χ3v) is 3.57. The average molecular weight is 286 g/mol. The van der Waals surface area contributed by atoms with Crippen LogP contribution in [0.25, 0.3) is 11.0 Å². The maximum absolute atomic E-state index is 12.6. The highest BCUT2D eigenvalue weighted by atomic mass is 32.2. The quantitative estimate of drug-likeness (QED) is 0.873. The van der Waals surface area contributed by atoms with E-state index in [4.69, 9.17) is 0 Å². The number of anilines is 1. The predicted molar refractivity (Wildman–Crippen MR) is 69.1 cm³/mol. The van der Waals surface area contributed by atoms with Crippen molar-refractivity contribution < 1.29 is 13.2 Å². The van der Waals surface area contributed by atoms with Gasteiger partial charge in [-0.3, -0.25) is 0 Å². The average Bonchev–Trinajstić information content (AvgIpc) is 2.92. The first-order valence-corrected chi connectivity index (χ1v) is 6.44. The number of nitrogens with one attached hydrogen (secondary N) is 1. The second-order valence-corrected chi connectivity index (χ2v) is 5.22. The number of hydrogen-bond donors (Lipinski definition) is 1. The third kappa shape index (κ3) is 2.27. The van der Waals surface area contributed by atoms with Crippen LogP contribution in [0, 0.1) is 0 Å². The molecule has 0 fully saturated rings. The first-order valence-electron chi connectivity index (χ1n) is 5.46. The zero-order valence-corrected chi connectivity index (χ0v) is 10.6. The second-order valence-electron chi connectivity index (χ2n) is 4.08. The fourth-order valence-corrected chi connectivity index (χ4v) is 2.43. The number of nitrogens with zero attached hydrogens (tertiary/aromatic N) is 3. The second kappa shape index (κ2) is 4.16. The summed E-state index contributed by atoms with van der Waals surface area (Å²) in [4.78, 5) is 7.12. The Morgan fingerprint density at radius 1 is 1.37 bits per heavy atom. The molecule has 0 saturated heterocycles. The van der Waals surface area contributed by atoms with E-state index in [2.05, 4.69) is 15.1 Å². The predicted octanol–water partition coefficient (Wildman–Crippen LogP) is 3.43. The number of hydrazone groups is 1. The van der Waals surface area contributed by atoms with E-state index in [0.29, 0.717) is 17.3 Å². The lowest BCUT2D eigenvalue weighted by atomic mass is 10.2. The van der Waals surface area contributed by atoms with E-state index < -0.39 is 11.7 Å². The molecule has 1 aliphatic rings. The molecule has 1 N–H and O–H groups in total. The summed E-state index contributed by atoms with van der Waals surface area (Å²) < 4.78 is 37.8. The van der Waals surface area contributed by atoms with Crippen molar-refractivity contribution in [3.8, 4) is 0 Å². The summed E-state index contributed by atoms with van der Waals surface area (Å²) in [6, 6.07) is 3.46. The van der Waals surface area contributed by atoms with E-state index >= 15 is 0 Å². The summed E-state index contributed by atoms with van der Waals surface area (Å²) in [6.45, 7) is 1.87. The summed E-state index contributed by atoms with van der Waals surface area (Å²) >= 11 is 1.55. The highest BCUT2D eigenvalue weighted by Gasteiger charge is 2.31. The number of imidazole rings is 1. The highest BCUT2D eigenvalue weighted by Crippen LogP contribution is 2.32. The minimum absolute atomic E-state index is 0.287. The van der Waals surface area contributed by atoms with Crippen LogP contribution in [-0.4, -0.2) is 20.9 Å². The maximum Gasteiger partial charge on any atom is 0.416 e. The number of H-pyrrole nitrogens is 1. The van der Waals surface area contributed by atoms with Crippen LogP contribution < -0.4 is 5.01 Å². The van der Waals surface area contributed by atoms with Crippen LogP contribution in [-0.2, 0) is 6.18 Å². The van der Waals surface area contributed by atoms with Crippen LogP contribution in [0.4, 0.5) is 19.1 Å². The summed E-state index contributed by atoms with van der Waals surface area (Å²) in [5, 5.41) is 6.75. The highest BCUT2D eigenvalue weighted by molar-refractivity contribution is 8.14. The Kier molecular flexibility index (Phi) is 2.70. The minimum Gasteiger partial charge on any atom is -0.322 e. The Morgan fingerprint density at radius 2 is 2.16 bits per heavy atom. The van der Waals surface area contributed by atoms with Crippen LogP contribution in [0.2, 0.25) is 0 Å². The van der Waals surface area contributed by atoms with Crippen LogP contribution in [0.3, 0.4) is 0 Å². The molecule has 0 amide bonds. The molecule has 0 bridgehead atoms. The molecule has 1 aromatic heterocycles. The fourth-order valence-electron chi connectivity index (χ4n) is 1.78. The summed E-state index contributed by atoms with van der Waals surface area (Å²) in [6.07, 6.45) is -4.36. The largest absolute Gasteiger partial charge is 0.416 e. The van der Waals surface area contributed by atoms with E-state index in [9.17, 15) is 13.2 Å². The summed E-state index contributed by atoms with van der Waals surface area (Å²) in [7, 11) is 0. The zero-order valence-electron chi connectivity index (χ0n) is 9.82. The smallest absolute Gasteiger partial charge is 0.322 e. The number of aromatic amines is 1. The number of halogens is 3. The van der Waals surface area contributed by atoms with E-state index in [-0.39, 0.29) is 5.52 Å². The van der Waals surface area contributed by atoms with Gasteiger partial charge in [-0.05, 0) is 25.1 Å². The van der Waals surface area contributed by atoms with Gasteiger partial charge in [-0.2, -0.15) is 18.3 Å². The molecule has 2 heterocycles. The van der Waals surface area contributed by atoms with Gasteiger partial charge in [0.2, 0.25) is 5.95 Å². The molecule has 0 spiro atoms. The maximum atomic E-state index is 12.6.